The van der Waals surface area contributed by atoms with Gasteiger partial charge in [0.1, 0.15) is 5.72 Å². The van der Waals surface area contributed by atoms with Gasteiger partial charge in [-0.25, -0.2) is 0 Å². The molecule has 6 rings (SSSR count). The molecule has 2 aromatic heterocycles. The van der Waals surface area contributed by atoms with Gasteiger partial charge in [-0.1, -0.05) is 173 Å². The standard InChI is InChI=1S/C18H13NO.C10H7NO.C8H8O.C3H5I3.C3H6I.C3H7.Na.H2O.2V/c20-18(15-5-2-1-3-6-15)11-9-14-8-10-17-16(13-14)7-4-12-19-17;12-7-8-3-4-10-9(6-8)2-1-5-11-10;1-7(9)8-5-3-2-4-6-8;1-2-3(4,5)6;1-2-3-4;1-3-2;;;;/h1-13H;1-7H;2-6H,1H3;2H2,1H3;3H,2H2,1H3;1,3H2,2H3;;1H2;;/q;;;;2*-1;+1;;;/p-1/b11-9+;;;;;;;;;. The first-order valence-corrected chi connectivity index (χ1v) is 21.7. The first kappa shape index (κ1) is 64.1. The Balaban J connectivity index is -0.000000333. The number of Topliss-reactive ketones (excluding diaryl/α,β-unsaturated/α-hetero) is 1. The van der Waals surface area contributed by atoms with E-state index in [9.17, 15) is 14.4 Å². The molecule has 0 saturated carbocycles. The number of halogens is 4. The summed E-state index contributed by atoms with van der Waals surface area (Å²) >= 11 is 9.47. The van der Waals surface area contributed by atoms with Crippen LogP contribution in [0.5, 0.6) is 0 Å². The van der Waals surface area contributed by atoms with Crippen molar-refractivity contribution in [1.29, 1.82) is 0 Å². The molecule has 0 atom stereocenters. The van der Waals surface area contributed by atoms with Crippen LogP contribution in [0.2, 0.25) is 0 Å². The summed E-state index contributed by atoms with van der Waals surface area (Å²) in [5.41, 5.74) is 5.04. The summed E-state index contributed by atoms with van der Waals surface area (Å²) in [6, 6.07) is 37.6. The molecule has 58 heavy (non-hydrogen) atoms. The van der Waals surface area contributed by atoms with E-state index >= 15 is 0 Å². The molecule has 6 nitrogen and oxygen atoms in total. The van der Waals surface area contributed by atoms with Gasteiger partial charge < -0.3 is 35.0 Å². The molecule has 4 aromatic carbocycles. The summed E-state index contributed by atoms with van der Waals surface area (Å²) in [5.74, 6) is 0.132. The van der Waals surface area contributed by atoms with Crippen LogP contribution in [-0.4, -0.2) is 32.7 Å². The molecular formula is C45H47I4N2NaO4V2-2. The Labute approximate surface area is 446 Å². The zero-order valence-electron chi connectivity index (χ0n) is 33.3. The molecule has 0 bridgehead atoms. The quantitative estimate of drug-likeness (QED) is 0.0300. The Morgan fingerprint density at radius 1 is 0.707 bits per heavy atom. The molecule has 6 aromatic rings. The number of allylic oxidation sites excluding steroid dienone is 1. The van der Waals surface area contributed by atoms with Crippen LogP contribution in [0.15, 0.2) is 140 Å². The van der Waals surface area contributed by atoms with Crippen molar-refractivity contribution in [2.75, 3.05) is 0 Å². The van der Waals surface area contributed by atoms with Crippen molar-refractivity contribution in [2.45, 2.75) is 46.4 Å². The van der Waals surface area contributed by atoms with Gasteiger partial charge >= 0.3 is 29.6 Å². The maximum atomic E-state index is 12.0. The second kappa shape index (κ2) is 39.4. The van der Waals surface area contributed by atoms with E-state index in [-0.39, 0.29) is 83.7 Å². The number of aldehydes is 1. The summed E-state index contributed by atoms with van der Waals surface area (Å²) in [6.07, 6.45) is 11.2. The van der Waals surface area contributed by atoms with Crippen LogP contribution in [-0.2, 0) is 37.1 Å². The number of carbonyl (C=O) groups excluding carboxylic acids is 3. The van der Waals surface area contributed by atoms with Gasteiger partial charge in [0.15, 0.2) is 11.6 Å². The van der Waals surface area contributed by atoms with Crippen molar-refractivity contribution in [3.05, 3.63) is 173 Å². The molecule has 302 valence electrons. The van der Waals surface area contributed by atoms with Crippen LogP contribution < -0.4 is 29.6 Å². The number of benzene rings is 4. The van der Waals surface area contributed by atoms with E-state index in [0.717, 1.165) is 45.6 Å². The van der Waals surface area contributed by atoms with Crippen molar-refractivity contribution in [3.63, 3.8) is 0 Å². The number of rotatable bonds is 7. The van der Waals surface area contributed by atoms with Crippen LogP contribution in [0.25, 0.3) is 27.9 Å². The number of alkyl halides is 3. The first-order valence-electron chi connectivity index (χ1n) is 17.2. The second-order valence-corrected chi connectivity index (χ2v) is 23.6. The van der Waals surface area contributed by atoms with Gasteiger partial charge in [0.25, 0.3) is 0 Å². The number of fused-ring (bicyclic) bond motifs is 2. The minimum atomic E-state index is 0. The molecule has 0 saturated heterocycles. The molecule has 1 N–H and O–H groups in total. The molecule has 0 aliphatic rings. The van der Waals surface area contributed by atoms with Crippen molar-refractivity contribution < 1.29 is 86.5 Å². The largest absolute Gasteiger partial charge is 1.00 e. The van der Waals surface area contributed by atoms with Crippen molar-refractivity contribution in [3.8, 4) is 0 Å². The molecule has 0 aliphatic heterocycles. The number of carbonyl (C=O) groups is 3. The Bertz CT molecular complexity index is 2000. The van der Waals surface area contributed by atoms with Gasteiger partial charge in [0.2, 0.25) is 0 Å². The molecule has 0 spiro atoms. The number of nitrogens with zero attached hydrogens (tertiary/aromatic N) is 2. The Kier molecular flexibility index (Phi) is 43.5. The zero-order valence-corrected chi connectivity index (χ0v) is 46.7. The summed E-state index contributed by atoms with van der Waals surface area (Å²) in [4.78, 5) is 41.5. The first-order chi connectivity index (χ1) is 25.9. The molecule has 2 radical (unpaired) electrons. The van der Waals surface area contributed by atoms with Gasteiger partial charge in [-0.3, -0.25) is 28.8 Å². The SMILES string of the molecule is CC(=O)c1ccccc1.CCC(I)(I)I.CC[CH-]I.O=C(/C=C/c1ccc2ncccc2c1)c1ccccc1.O=Cc1ccc2ncccc2c1.[CH2-]CC.[Na+].[OH-].[V].[V]. The van der Waals surface area contributed by atoms with Gasteiger partial charge in [0, 0.05) is 77.0 Å². The minimum absolute atomic E-state index is 0. The number of hydrogen-bond donors (Lipinski definition) is 0. The molecule has 0 fully saturated rings. The van der Waals surface area contributed by atoms with E-state index in [4.69, 9.17) is 0 Å². The number of ketones is 2. The van der Waals surface area contributed by atoms with Gasteiger partial charge in [-0.15, -0.1) is 0 Å². The Morgan fingerprint density at radius 3 is 1.47 bits per heavy atom. The number of aromatic nitrogens is 2. The van der Waals surface area contributed by atoms with E-state index in [0.29, 0.717) is 10.6 Å². The predicted octanol–water partition coefficient (Wildman–Crippen LogP) is 11.5. The third-order valence-corrected chi connectivity index (χ3v) is 9.78. The second-order valence-electron chi connectivity index (χ2n) is 11.0. The van der Waals surface area contributed by atoms with Crippen molar-refractivity contribution in [2.24, 2.45) is 0 Å². The number of pyridine rings is 2. The molecule has 0 aliphatic carbocycles. The molecule has 2 heterocycles. The van der Waals surface area contributed by atoms with E-state index in [1.807, 2.05) is 128 Å². The van der Waals surface area contributed by atoms with Crippen LogP contribution in [0.4, 0.5) is 0 Å². The fourth-order valence-electron chi connectivity index (χ4n) is 3.91. The van der Waals surface area contributed by atoms with Crippen LogP contribution in [0.1, 0.15) is 83.6 Å². The average Bonchev–Trinajstić information content (AvgIpc) is 3.21. The predicted molar refractivity (Wildman–Crippen MR) is 266 cm³/mol. The topological polar surface area (TPSA) is 107 Å². The Morgan fingerprint density at radius 2 is 1.10 bits per heavy atom. The van der Waals surface area contributed by atoms with Crippen molar-refractivity contribution >= 4 is 136 Å². The van der Waals surface area contributed by atoms with Crippen LogP contribution >= 0.6 is 90.4 Å². The minimum Gasteiger partial charge on any atom is -0.870 e. The Hall–Kier alpha value is -0.501. The normalized spacial score (nSPS) is 9.33. The van der Waals surface area contributed by atoms with Crippen LogP contribution in [0.3, 0.4) is 0 Å². The van der Waals surface area contributed by atoms with Crippen molar-refractivity contribution in [1.82, 2.24) is 9.97 Å². The zero-order chi connectivity index (χ0) is 40.2. The third-order valence-electron chi connectivity index (χ3n) is 6.61. The smallest absolute Gasteiger partial charge is 0.870 e. The summed E-state index contributed by atoms with van der Waals surface area (Å²) < 4.78 is 2.55. The molecule has 0 amide bonds. The molecular weight excluding hydrogens is 1260 g/mol. The fraction of sp³-hybridized carbons (Fsp3) is 0.178. The fourth-order valence-corrected chi connectivity index (χ4v) is 3.91. The van der Waals surface area contributed by atoms with Gasteiger partial charge in [0.05, 0.1) is 11.0 Å². The third kappa shape index (κ3) is 29.7. The maximum absolute atomic E-state index is 12.0. The van der Waals surface area contributed by atoms with E-state index in [1.165, 1.54) is 12.8 Å². The molecule has 0 unspecified atom stereocenters. The van der Waals surface area contributed by atoms with Crippen LogP contribution in [0, 0.1) is 11.4 Å². The maximum Gasteiger partial charge on any atom is 1.00 e. The van der Waals surface area contributed by atoms with E-state index in [2.05, 4.69) is 126 Å². The van der Waals surface area contributed by atoms with Gasteiger partial charge in [-0.05, 0) is 67.4 Å². The monoisotopic (exact) mass is 1310 g/mol. The summed E-state index contributed by atoms with van der Waals surface area (Å²) in [6.45, 7) is 11.4. The molecule has 13 heteroatoms. The summed E-state index contributed by atoms with van der Waals surface area (Å²) in [5, 5.41) is 2.07. The number of hydrogen-bond acceptors (Lipinski definition) is 6. The average molecular weight is 1310 g/mol. The van der Waals surface area contributed by atoms with Gasteiger partial charge in [-0.2, -0.15) is 12.8 Å². The van der Waals surface area contributed by atoms with E-state index < -0.39 is 0 Å². The van der Waals surface area contributed by atoms with E-state index in [1.54, 1.807) is 31.5 Å². The summed E-state index contributed by atoms with van der Waals surface area (Å²) in [7, 11) is 0.